The van der Waals surface area contributed by atoms with Crippen molar-refractivity contribution in [2.45, 2.75) is 6.10 Å². The first-order valence-electron chi connectivity index (χ1n) is 5.06. The lowest BCUT2D eigenvalue weighted by Gasteiger charge is -2.11. The fraction of sp³-hybridized carbons (Fsp3) is 0.0769. The SMILES string of the molecule is Nc1ccc(C(O)c2ccc(F)c(F)c2)cc1. The molecule has 17 heavy (non-hydrogen) atoms. The van der Waals surface area contributed by atoms with Gasteiger partial charge in [-0.05, 0) is 35.4 Å². The van der Waals surface area contributed by atoms with Crippen LogP contribution in [0.5, 0.6) is 0 Å². The number of hydrogen-bond acceptors (Lipinski definition) is 2. The zero-order chi connectivity index (χ0) is 12.4. The number of anilines is 1. The lowest BCUT2D eigenvalue weighted by Crippen LogP contribution is -2.01. The Morgan fingerprint density at radius 3 is 2.06 bits per heavy atom. The molecule has 0 aromatic heterocycles. The summed E-state index contributed by atoms with van der Waals surface area (Å²) in [6.45, 7) is 0. The molecule has 88 valence electrons. The Kier molecular flexibility index (Phi) is 3.06. The van der Waals surface area contributed by atoms with Crippen LogP contribution in [0.3, 0.4) is 0 Å². The van der Waals surface area contributed by atoms with Crippen LogP contribution in [0.2, 0.25) is 0 Å². The summed E-state index contributed by atoms with van der Waals surface area (Å²) in [6.07, 6.45) is -0.995. The highest BCUT2D eigenvalue weighted by Crippen LogP contribution is 2.23. The van der Waals surface area contributed by atoms with Gasteiger partial charge in [-0.1, -0.05) is 18.2 Å². The van der Waals surface area contributed by atoms with E-state index in [9.17, 15) is 13.9 Å². The molecule has 0 aliphatic rings. The third-order valence-corrected chi connectivity index (χ3v) is 2.51. The van der Waals surface area contributed by atoms with Crippen LogP contribution in [0.1, 0.15) is 17.2 Å². The summed E-state index contributed by atoms with van der Waals surface area (Å²) in [7, 11) is 0. The zero-order valence-electron chi connectivity index (χ0n) is 8.90. The maximum absolute atomic E-state index is 13.0. The lowest BCUT2D eigenvalue weighted by atomic mass is 10.0. The Morgan fingerprint density at radius 1 is 0.882 bits per heavy atom. The molecule has 0 saturated carbocycles. The number of hydrogen-bond donors (Lipinski definition) is 2. The number of nitrogen functional groups attached to an aromatic ring is 1. The van der Waals surface area contributed by atoms with E-state index in [2.05, 4.69) is 0 Å². The second kappa shape index (κ2) is 4.51. The zero-order valence-corrected chi connectivity index (χ0v) is 8.90. The summed E-state index contributed by atoms with van der Waals surface area (Å²) in [5.74, 6) is -1.91. The van der Waals surface area contributed by atoms with Crippen molar-refractivity contribution in [2.75, 3.05) is 5.73 Å². The second-order valence-corrected chi connectivity index (χ2v) is 3.74. The fourth-order valence-corrected chi connectivity index (χ4v) is 1.55. The van der Waals surface area contributed by atoms with Crippen molar-refractivity contribution < 1.29 is 13.9 Å². The molecular weight excluding hydrogens is 224 g/mol. The van der Waals surface area contributed by atoms with Crippen molar-refractivity contribution in [3.05, 3.63) is 65.2 Å². The van der Waals surface area contributed by atoms with Crippen molar-refractivity contribution in [3.63, 3.8) is 0 Å². The van der Waals surface area contributed by atoms with E-state index in [-0.39, 0.29) is 0 Å². The molecule has 2 rings (SSSR count). The molecule has 0 fully saturated rings. The molecule has 0 amide bonds. The molecule has 1 atom stereocenters. The third kappa shape index (κ3) is 2.42. The average molecular weight is 235 g/mol. The van der Waals surface area contributed by atoms with Crippen LogP contribution in [0.25, 0.3) is 0 Å². The average Bonchev–Trinajstić information content (AvgIpc) is 2.33. The van der Waals surface area contributed by atoms with Crippen LogP contribution in [-0.2, 0) is 0 Å². The molecule has 3 N–H and O–H groups in total. The summed E-state index contributed by atoms with van der Waals surface area (Å²) in [6, 6.07) is 9.88. The summed E-state index contributed by atoms with van der Waals surface area (Å²) >= 11 is 0. The van der Waals surface area contributed by atoms with Gasteiger partial charge in [0.05, 0.1) is 0 Å². The van der Waals surface area contributed by atoms with Crippen LogP contribution in [0, 0.1) is 11.6 Å². The number of nitrogens with two attached hydrogens (primary N) is 1. The number of benzene rings is 2. The molecular formula is C13H11F2NO. The van der Waals surface area contributed by atoms with Crippen molar-refractivity contribution in [1.29, 1.82) is 0 Å². The Labute approximate surface area is 97.3 Å². The maximum Gasteiger partial charge on any atom is 0.159 e. The Morgan fingerprint density at radius 2 is 1.47 bits per heavy atom. The van der Waals surface area contributed by atoms with Gasteiger partial charge in [0.2, 0.25) is 0 Å². The van der Waals surface area contributed by atoms with Crippen molar-refractivity contribution >= 4 is 5.69 Å². The molecule has 0 aliphatic carbocycles. The molecule has 2 aromatic carbocycles. The summed E-state index contributed by atoms with van der Waals surface area (Å²) in [5, 5.41) is 9.97. The third-order valence-electron chi connectivity index (χ3n) is 2.51. The van der Waals surface area contributed by atoms with Gasteiger partial charge in [-0.3, -0.25) is 0 Å². The summed E-state index contributed by atoms with van der Waals surface area (Å²) < 4.78 is 25.8. The van der Waals surface area contributed by atoms with Gasteiger partial charge in [0.25, 0.3) is 0 Å². The monoisotopic (exact) mass is 235 g/mol. The highest BCUT2D eigenvalue weighted by molar-refractivity contribution is 5.41. The first-order valence-corrected chi connectivity index (χ1v) is 5.06. The normalized spacial score (nSPS) is 12.4. The van der Waals surface area contributed by atoms with Crippen LogP contribution < -0.4 is 5.73 Å². The van der Waals surface area contributed by atoms with Crippen LogP contribution in [0.4, 0.5) is 14.5 Å². The Bertz CT molecular complexity index is 525. The maximum atomic E-state index is 13.0. The van der Waals surface area contributed by atoms with Gasteiger partial charge in [-0.2, -0.15) is 0 Å². The molecule has 0 spiro atoms. The Balaban J connectivity index is 2.33. The molecule has 0 heterocycles. The highest BCUT2D eigenvalue weighted by Gasteiger charge is 2.12. The van der Waals surface area contributed by atoms with Crippen LogP contribution >= 0.6 is 0 Å². The molecule has 0 aliphatic heterocycles. The number of halogens is 2. The van der Waals surface area contributed by atoms with E-state index in [1.807, 2.05) is 0 Å². The van der Waals surface area contributed by atoms with E-state index in [1.54, 1.807) is 24.3 Å². The predicted molar refractivity (Wildman–Crippen MR) is 61.3 cm³/mol. The first kappa shape index (κ1) is 11.5. The van der Waals surface area contributed by atoms with Crippen LogP contribution in [-0.4, -0.2) is 5.11 Å². The van der Waals surface area contributed by atoms with Gasteiger partial charge in [-0.25, -0.2) is 8.78 Å². The van der Waals surface area contributed by atoms with Gasteiger partial charge < -0.3 is 10.8 Å². The van der Waals surface area contributed by atoms with Crippen molar-refractivity contribution in [1.82, 2.24) is 0 Å². The first-order chi connectivity index (χ1) is 8.08. The van der Waals surface area contributed by atoms with E-state index >= 15 is 0 Å². The largest absolute Gasteiger partial charge is 0.399 e. The quantitative estimate of drug-likeness (QED) is 0.786. The summed E-state index contributed by atoms with van der Waals surface area (Å²) in [4.78, 5) is 0. The standard InChI is InChI=1S/C13H11F2NO/c14-11-6-3-9(7-12(11)15)13(17)8-1-4-10(16)5-2-8/h1-7,13,17H,16H2. The molecule has 4 heteroatoms. The minimum atomic E-state index is -0.995. The molecule has 1 unspecified atom stereocenters. The molecule has 0 radical (unpaired) electrons. The van der Waals surface area contributed by atoms with Crippen molar-refractivity contribution in [2.24, 2.45) is 0 Å². The second-order valence-electron chi connectivity index (χ2n) is 3.74. The summed E-state index contributed by atoms with van der Waals surface area (Å²) in [5.41, 5.74) is 6.97. The smallest absolute Gasteiger partial charge is 0.159 e. The van der Waals surface area contributed by atoms with E-state index in [0.717, 1.165) is 12.1 Å². The van der Waals surface area contributed by atoms with Gasteiger partial charge in [0.15, 0.2) is 11.6 Å². The molecule has 0 saturated heterocycles. The van der Waals surface area contributed by atoms with E-state index in [0.29, 0.717) is 16.8 Å². The van der Waals surface area contributed by atoms with E-state index < -0.39 is 17.7 Å². The van der Waals surface area contributed by atoms with Gasteiger partial charge in [0, 0.05) is 5.69 Å². The minimum absolute atomic E-state index is 0.300. The lowest BCUT2D eigenvalue weighted by molar-refractivity contribution is 0.219. The van der Waals surface area contributed by atoms with Crippen LogP contribution in [0.15, 0.2) is 42.5 Å². The number of aliphatic hydroxyl groups excluding tert-OH is 1. The molecule has 2 nitrogen and oxygen atoms in total. The fourth-order valence-electron chi connectivity index (χ4n) is 1.55. The Hall–Kier alpha value is -1.94. The minimum Gasteiger partial charge on any atom is -0.399 e. The van der Waals surface area contributed by atoms with E-state index in [1.165, 1.54) is 6.07 Å². The molecule has 0 bridgehead atoms. The highest BCUT2D eigenvalue weighted by atomic mass is 19.2. The van der Waals surface area contributed by atoms with Crippen molar-refractivity contribution in [3.8, 4) is 0 Å². The predicted octanol–water partition coefficient (Wildman–Crippen LogP) is 2.63. The van der Waals surface area contributed by atoms with Gasteiger partial charge in [0.1, 0.15) is 6.10 Å². The van der Waals surface area contributed by atoms with Gasteiger partial charge >= 0.3 is 0 Å². The number of rotatable bonds is 2. The molecule has 2 aromatic rings. The topological polar surface area (TPSA) is 46.2 Å². The van der Waals surface area contributed by atoms with E-state index in [4.69, 9.17) is 5.73 Å². The number of aliphatic hydroxyl groups is 1. The van der Waals surface area contributed by atoms with Gasteiger partial charge in [-0.15, -0.1) is 0 Å².